The first kappa shape index (κ1) is 35.2. The third-order valence-electron chi connectivity index (χ3n) is 7.60. The number of nitrogens with one attached hydrogen (secondary N) is 1. The molecule has 1 aromatic heterocycles. The number of unbranched alkanes of at least 4 members (excludes halogenated alkanes) is 2. The van der Waals surface area contributed by atoms with Crippen molar-refractivity contribution in [2.75, 3.05) is 59.0 Å². The van der Waals surface area contributed by atoms with Gasteiger partial charge in [0.1, 0.15) is 12.6 Å². The van der Waals surface area contributed by atoms with Crippen molar-refractivity contribution in [2.45, 2.75) is 58.9 Å². The number of ether oxygens (including phenoxy) is 2. The Labute approximate surface area is 264 Å². The number of aliphatic carboxylic acids is 1. The number of amides is 3. The molecule has 1 aliphatic rings. The van der Waals surface area contributed by atoms with Gasteiger partial charge in [-0.1, -0.05) is 63.9 Å². The van der Waals surface area contributed by atoms with Crippen LogP contribution in [-0.4, -0.2) is 119 Å². The molecule has 0 spiro atoms. The standard InChI is InChI=1S/C32H46N6O7/c1-4-7-11-21-45-32(43)38-18-16-37(17-19-38)31(42)25(14-15-28(39)40)34-30(41)29-33-26(24-12-9-8-10-13-24)23-27(35-29)44-22-20-36(5-2)6-3/h8-10,12-13,23,25H,4-7,11,14-22H2,1-3H3,(H,34,41)(H,39,40)/t25-/m0/s1. The molecule has 13 nitrogen and oxygen atoms in total. The monoisotopic (exact) mass is 626 g/mol. The van der Waals surface area contributed by atoms with Crippen LogP contribution in [0.5, 0.6) is 5.88 Å². The number of benzene rings is 1. The molecule has 246 valence electrons. The highest BCUT2D eigenvalue weighted by Crippen LogP contribution is 2.21. The van der Waals surface area contributed by atoms with E-state index in [0.717, 1.165) is 37.9 Å². The maximum atomic E-state index is 13.5. The van der Waals surface area contributed by atoms with Crippen LogP contribution in [0, 0.1) is 0 Å². The van der Waals surface area contributed by atoms with Crippen molar-refractivity contribution in [3.8, 4) is 17.1 Å². The van der Waals surface area contributed by atoms with E-state index in [1.54, 1.807) is 11.0 Å². The first-order valence-electron chi connectivity index (χ1n) is 15.8. The van der Waals surface area contributed by atoms with E-state index in [9.17, 15) is 24.3 Å². The van der Waals surface area contributed by atoms with Gasteiger partial charge in [0.25, 0.3) is 5.91 Å². The van der Waals surface area contributed by atoms with E-state index in [4.69, 9.17) is 9.47 Å². The van der Waals surface area contributed by atoms with Crippen LogP contribution in [0.1, 0.15) is 63.5 Å². The van der Waals surface area contributed by atoms with Crippen molar-refractivity contribution in [3.63, 3.8) is 0 Å². The molecule has 2 N–H and O–H groups in total. The van der Waals surface area contributed by atoms with Crippen LogP contribution in [0.3, 0.4) is 0 Å². The average molecular weight is 627 g/mol. The summed E-state index contributed by atoms with van der Waals surface area (Å²) in [7, 11) is 0. The van der Waals surface area contributed by atoms with Gasteiger partial charge < -0.3 is 34.6 Å². The minimum absolute atomic E-state index is 0.120. The van der Waals surface area contributed by atoms with Gasteiger partial charge in [-0.2, -0.15) is 4.98 Å². The summed E-state index contributed by atoms with van der Waals surface area (Å²) in [5.41, 5.74) is 1.22. The molecule has 1 aromatic carbocycles. The zero-order chi connectivity index (χ0) is 32.6. The van der Waals surface area contributed by atoms with E-state index in [-0.39, 0.29) is 50.7 Å². The second kappa shape index (κ2) is 18.5. The van der Waals surface area contributed by atoms with Crippen LogP contribution in [0.15, 0.2) is 36.4 Å². The van der Waals surface area contributed by atoms with Gasteiger partial charge in [-0.05, 0) is 25.9 Å². The average Bonchev–Trinajstić information content (AvgIpc) is 3.06. The molecule has 0 aliphatic carbocycles. The lowest BCUT2D eigenvalue weighted by Crippen LogP contribution is -2.56. The highest BCUT2D eigenvalue weighted by Gasteiger charge is 2.31. The van der Waals surface area contributed by atoms with Crippen LogP contribution < -0.4 is 10.1 Å². The minimum atomic E-state index is -1.13. The lowest BCUT2D eigenvalue weighted by Gasteiger charge is -2.36. The number of hydrogen-bond donors (Lipinski definition) is 2. The number of nitrogens with zero attached hydrogens (tertiary/aromatic N) is 5. The SMILES string of the molecule is CCCCCOC(=O)N1CCN(C(=O)[C@H](CCC(=O)O)NC(=O)c2nc(OCCN(CC)CC)cc(-c3ccccc3)n2)CC1. The Morgan fingerprint density at radius 1 is 0.956 bits per heavy atom. The van der Waals surface area contributed by atoms with Crippen molar-refractivity contribution in [2.24, 2.45) is 0 Å². The zero-order valence-electron chi connectivity index (χ0n) is 26.6. The molecule has 45 heavy (non-hydrogen) atoms. The number of hydrogen-bond acceptors (Lipinski definition) is 9. The first-order valence-corrected chi connectivity index (χ1v) is 15.8. The second-order valence-electron chi connectivity index (χ2n) is 10.7. The van der Waals surface area contributed by atoms with Crippen LogP contribution in [-0.2, 0) is 14.3 Å². The summed E-state index contributed by atoms with van der Waals surface area (Å²) in [5.74, 6) is -2.23. The lowest BCUT2D eigenvalue weighted by molar-refractivity contribution is -0.138. The van der Waals surface area contributed by atoms with Gasteiger partial charge in [0, 0.05) is 50.8 Å². The number of aromatic nitrogens is 2. The van der Waals surface area contributed by atoms with Gasteiger partial charge >= 0.3 is 12.1 Å². The Kier molecular flexibility index (Phi) is 14.5. The Bertz CT molecular complexity index is 1250. The smallest absolute Gasteiger partial charge is 0.409 e. The zero-order valence-corrected chi connectivity index (χ0v) is 26.6. The van der Waals surface area contributed by atoms with E-state index in [1.165, 1.54) is 4.90 Å². The molecular formula is C32H46N6O7. The predicted molar refractivity (Wildman–Crippen MR) is 168 cm³/mol. The molecule has 0 saturated carbocycles. The van der Waals surface area contributed by atoms with Crippen molar-refractivity contribution in [1.29, 1.82) is 0 Å². The van der Waals surface area contributed by atoms with Crippen LogP contribution in [0.25, 0.3) is 11.3 Å². The third-order valence-corrected chi connectivity index (χ3v) is 7.60. The summed E-state index contributed by atoms with van der Waals surface area (Å²) >= 11 is 0. The highest BCUT2D eigenvalue weighted by atomic mass is 16.6. The van der Waals surface area contributed by atoms with E-state index in [1.807, 2.05) is 30.3 Å². The molecule has 0 radical (unpaired) electrons. The van der Waals surface area contributed by atoms with E-state index in [0.29, 0.717) is 25.5 Å². The Morgan fingerprint density at radius 3 is 2.29 bits per heavy atom. The predicted octanol–water partition coefficient (Wildman–Crippen LogP) is 3.30. The van der Waals surface area contributed by atoms with Crippen molar-refractivity contribution < 1.29 is 33.8 Å². The molecule has 1 saturated heterocycles. The van der Waals surface area contributed by atoms with Crippen molar-refractivity contribution >= 4 is 23.9 Å². The molecule has 0 bridgehead atoms. The number of carbonyl (C=O) groups excluding carboxylic acids is 3. The maximum Gasteiger partial charge on any atom is 0.409 e. The second-order valence-corrected chi connectivity index (χ2v) is 10.7. The molecule has 2 aromatic rings. The van der Waals surface area contributed by atoms with Gasteiger partial charge in [0.15, 0.2) is 0 Å². The van der Waals surface area contributed by atoms with Crippen LogP contribution in [0.4, 0.5) is 4.79 Å². The van der Waals surface area contributed by atoms with Crippen molar-refractivity contribution in [1.82, 2.24) is 30.0 Å². The minimum Gasteiger partial charge on any atom is -0.481 e. The number of piperazine rings is 1. The van der Waals surface area contributed by atoms with Crippen molar-refractivity contribution in [3.05, 3.63) is 42.2 Å². The molecule has 2 heterocycles. The van der Waals surface area contributed by atoms with Gasteiger partial charge in [-0.25, -0.2) is 9.78 Å². The summed E-state index contributed by atoms with van der Waals surface area (Å²) in [6.45, 7) is 10.3. The molecule has 1 aliphatic heterocycles. The molecular weight excluding hydrogens is 580 g/mol. The molecule has 3 amide bonds. The van der Waals surface area contributed by atoms with E-state index < -0.39 is 29.9 Å². The first-order chi connectivity index (χ1) is 21.7. The summed E-state index contributed by atoms with van der Waals surface area (Å²) in [6, 6.07) is 9.81. The molecule has 1 atom stereocenters. The Hall–Kier alpha value is -4.26. The summed E-state index contributed by atoms with van der Waals surface area (Å²) in [5, 5.41) is 12.0. The fourth-order valence-electron chi connectivity index (χ4n) is 4.86. The fourth-order valence-corrected chi connectivity index (χ4v) is 4.86. The molecule has 0 unspecified atom stereocenters. The quantitative estimate of drug-likeness (QED) is 0.250. The van der Waals surface area contributed by atoms with Gasteiger partial charge in [-0.15, -0.1) is 0 Å². The van der Waals surface area contributed by atoms with Gasteiger partial charge in [-0.3, -0.25) is 14.4 Å². The largest absolute Gasteiger partial charge is 0.481 e. The molecule has 3 rings (SSSR count). The number of carboxylic acid groups (broad SMARTS) is 1. The van der Waals surface area contributed by atoms with Crippen LogP contribution >= 0.6 is 0 Å². The number of rotatable bonds is 17. The number of carboxylic acids is 1. The Morgan fingerprint density at radius 2 is 1.64 bits per heavy atom. The maximum absolute atomic E-state index is 13.5. The summed E-state index contributed by atoms with van der Waals surface area (Å²) in [6.07, 6.45) is 1.93. The lowest BCUT2D eigenvalue weighted by atomic mass is 10.1. The third kappa shape index (κ3) is 11.3. The summed E-state index contributed by atoms with van der Waals surface area (Å²) < 4.78 is 11.2. The topological polar surface area (TPSA) is 154 Å². The van der Waals surface area contributed by atoms with Gasteiger partial charge in [0.05, 0.1) is 12.3 Å². The van der Waals surface area contributed by atoms with E-state index >= 15 is 0 Å². The normalized spacial score (nSPS) is 13.8. The Balaban J connectivity index is 1.73. The van der Waals surface area contributed by atoms with E-state index in [2.05, 4.69) is 41.0 Å². The van der Waals surface area contributed by atoms with Gasteiger partial charge in [0.2, 0.25) is 17.6 Å². The summed E-state index contributed by atoms with van der Waals surface area (Å²) in [4.78, 5) is 64.9. The fraction of sp³-hybridized carbons (Fsp3) is 0.562. The molecule has 1 fully saturated rings. The molecule has 13 heteroatoms. The highest BCUT2D eigenvalue weighted by molar-refractivity contribution is 5.95. The number of likely N-dealkylation sites (N-methyl/N-ethyl adjacent to an activating group) is 1. The van der Waals surface area contributed by atoms with Crippen LogP contribution in [0.2, 0.25) is 0 Å². The number of carbonyl (C=O) groups is 4.